The van der Waals surface area contributed by atoms with E-state index in [1.165, 1.54) is 12.7 Å². The summed E-state index contributed by atoms with van der Waals surface area (Å²) < 4.78 is 17.8. The average Bonchev–Trinajstić information content (AvgIpc) is 3.18. The largest absolute Gasteiger partial charge is 0.493 e. The van der Waals surface area contributed by atoms with Crippen LogP contribution >= 0.6 is 27.5 Å². The molecule has 0 radical (unpaired) electrons. The maximum absolute atomic E-state index is 12.4. The van der Waals surface area contributed by atoms with Gasteiger partial charge in [-0.15, -0.1) is 0 Å². The highest BCUT2D eigenvalue weighted by Crippen LogP contribution is 2.38. The Morgan fingerprint density at radius 2 is 1.88 bits per heavy atom. The molecule has 0 fully saturated rings. The van der Waals surface area contributed by atoms with Crippen molar-refractivity contribution in [1.29, 1.82) is 0 Å². The second-order valence-corrected chi connectivity index (χ2v) is 9.39. The first-order valence-corrected chi connectivity index (χ1v) is 11.9. The molecule has 0 amide bonds. The second-order valence-electron chi connectivity index (χ2n) is 8.07. The summed E-state index contributed by atoms with van der Waals surface area (Å²) in [6.45, 7) is 4.57. The summed E-state index contributed by atoms with van der Waals surface area (Å²) in [6, 6.07) is 19.1. The Balaban J connectivity index is 1.57. The van der Waals surface area contributed by atoms with Crippen LogP contribution in [0.1, 0.15) is 42.0 Å². The Bertz CT molecular complexity index is 1280. The topological polar surface area (TPSA) is 57.1 Å². The standard InChI is InChI=1S/C27H23BrClNO4/c1-16(2)19-7-9-20(10-8-19)26-30-23(27(31)34-26)13-18-12-22(29)25(24(14-18)32-3)33-15-17-5-4-6-21(28)11-17/h4-14,16H,15H2,1-3H3/b23-13-. The lowest BCUT2D eigenvalue weighted by Crippen LogP contribution is -2.05. The number of carbonyl (C=O) groups excluding carboxylic acids is 1. The van der Waals surface area contributed by atoms with Gasteiger partial charge in [-0.2, -0.15) is 0 Å². The lowest BCUT2D eigenvalue weighted by atomic mass is 10.0. The number of halogens is 2. The summed E-state index contributed by atoms with van der Waals surface area (Å²) in [6.07, 6.45) is 1.62. The number of rotatable bonds is 7. The third-order valence-electron chi connectivity index (χ3n) is 5.27. The minimum Gasteiger partial charge on any atom is -0.493 e. The fourth-order valence-corrected chi connectivity index (χ4v) is 4.17. The maximum Gasteiger partial charge on any atom is 0.363 e. The van der Waals surface area contributed by atoms with Crippen LogP contribution in [0.4, 0.5) is 0 Å². The molecule has 1 heterocycles. The Labute approximate surface area is 212 Å². The van der Waals surface area contributed by atoms with Gasteiger partial charge in [-0.05, 0) is 65.1 Å². The van der Waals surface area contributed by atoms with E-state index in [-0.39, 0.29) is 11.6 Å². The molecular formula is C27H23BrClNO4. The first kappa shape index (κ1) is 24.0. The molecule has 0 aromatic heterocycles. The van der Waals surface area contributed by atoms with Crippen LogP contribution in [0.2, 0.25) is 5.02 Å². The van der Waals surface area contributed by atoms with Crippen molar-refractivity contribution in [2.45, 2.75) is 26.4 Å². The zero-order valence-corrected chi connectivity index (χ0v) is 21.3. The number of hydrogen-bond acceptors (Lipinski definition) is 5. The van der Waals surface area contributed by atoms with Crippen molar-refractivity contribution in [3.05, 3.63) is 98.1 Å². The number of aliphatic imine (C=N–C) groups is 1. The van der Waals surface area contributed by atoms with Gasteiger partial charge in [-0.3, -0.25) is 0 Å². The van der Waals surface area contributed by atoms with Crippen molar-refractivity contribution in [3.63, 3.8) is 0 Å². The number of carbonyl (C=O) groups is 1. The third kappa shape index (κ3) is 5.51. The number of cyclic esters (lactones) is 1. The van der Waals surface area contributed by atoms with Crippen molar-refractivity contribution >= 4 is 45.5 Å². The number of ether oxygens (including phenoxy) is 3. The van der Waals surface area contributed by atoms with Gasteiger partial charge in [0.15, 0.2) is 17.2 Å². The molecule has 174 valence electrons. The highest BCUT2D eigenvalue weighted by atomic mass is 79.9. The summed E-state index contributed by atoms with van der Waals surface area (Å²) >= 11 is 9.96. The van der Waals surface area contributed by atoms with E-state index in [0.29, 0.717) is 34.6 Å². The molecule has 0 unspecified atom stereocenters. The van der Waals surface area contributed by atoms with Crippen LogP contribution in [0.25, 0.3) is 6.08 Å². The van der Waals surface area contributed by atoms with Crippen LogP contribution in [0, 0.1) is 0 Å². The zero-order chi connectivity index (χ0) is 24.2. The molecule has 0 spiro atoms. The monoisotopic (exact) mass is 539 g/mol. The normalized spacial score (nSPS) is 14.4. The van der Waals surface area contributed by atoms with Crippen molar-refractivity contribution in [2.75, 3.05) is 7.11 Å². The quantitative estimate of drug-likeness (QED) is 0.236. The summed E-state index contributed by atoms with van der Waals surface area (Å²) in [4.78, 5) is 16.8. The minimum atomic E-state index is -0.520. The molecule has 0 atom stereocenters. The zero-order valence-electron chi connectivity index (χ0n) is 19.0. The SMILES string of the molecule is COc1cc(/C=C2\N=C(c3ccc(C(C)C)cc3)OC2=O)cc(Cl)c1OCc1cccc(Br)c1. The van der Waals surface area contributed by atoms with Gasteiger partial charge in [-0.25, -0.2) is 9.79 Å². The van der Waals surface area contributed by atoms with Gasteiger partial charge < -0.3 is 14.2 Å². The average molecular weight is 541 g/mol. The molecule has 4 rings (SSSR count). The van der Waals surface area contributed by atoms with E-state index in [4.69, 9.17) is 25.8 Å². The fraction of sp³-hybridized carbons (Fsp3) is 0.185. The van der Waals surface area contributed by atoms with E-state index in [2.05, 4.69) is 34.8 Å². The Hall–Kier alpha value is -3.09. The van der Waals surface area contributed by atoms with Crippen LogP contribution in [-0.2, 0) is 16.1 Å². The van der Waals surface area contributed by atoms with Gasteiger partial charge in [0, 0.05) is 10.0 Å². The number of benzene rings is 3. The highest BCUT2D eigenvalue weighted by molar-refractivity contribution is 9.10. The van der Waals surface area contributed by atoms with E-state index in [9.17, 15) is 4.79 Å². The summed E-state index contributed by atoms with van der Waals surface area (Å²) in [5.41, 5.74) is 3.75. The van der Waals surface area contributed by atoms with Crippen LogP contribution < -0.4 is 9.47 Å². The Kier molecular flexibility index (Phi) is 7.39. The summed E-state index contributed by atoms with van der Waals surface area (Å²) in [7, 11) is 1.54. The smallest absolute Gasteiger partial charge is 0.363 e. The minimum absolute atomic E-state index is 0.184. The van der Waals surface area contributed by atoms with E-state index >= 15 is 0 Å². The summed E-state index contributed by atoms with van der Waals surface area (Å²) in [5, 5.41) is 0.362. The number of esters is 1. The van der Waals surface area contributed by atoms with Crippen molar-refractivity contribution in [1.82, 2.24) is 0 Å². The number of nitrogens with zero attached hydrogens (tertiary/aromatic N) is 1. The van der Waals surface area contributed by atoms with Gasteiger partial charge in [0.2, 0.25) is 5.90 Å². The maximum atomic E-state index is 12.4. The fourth-order valence-electron chi connectivity index (χ4n) is 3.45. The van der Waals surface area contributed by atoms with Crippen LogP contribution in [0.15, 0.2) is 75.8 Å². The molecule has 0 N–H and O–H groups in total. The van der Waals surface area contributed by atoms with E-state index < -0.39 is 5.97 Å². The Morgan fingerprint density at radius 1 is 1.12 bits per heavy atom. The molecule has 0 saturated heterocycles. The van der Waals surface area contributed by atoms with Gasteiger partial charge >= 0.3 is 5.97 Å². The predicted octanol–water partition coefficient (Wildman–Crippen LogP) is 7.16. The lowest BCUT2D eigenvalue weighted by Gasteiger charge is -2.13. The van der Waals surface area contributed by atoms with Gasteiger partial charge in [0.05, 0.1) is 12.1 Å². The molecule has 0 saturated carbocycles. The first-order chi connectivity index (χ1) is 16.3. The molecule has 5 nitrogen and oxygen atoms in total. The molecule has 0 bridgehead atoms. The lowest BCUT2D eigenvalue weighted by molar-refractivity contribution is -0.129. The summed E-state index contributed by atoms with van der Waals surface area (Å²) in [5.74, 6) is 1.05. The first-order valence-electron chi connectivity index (χ1n) is 10.7. The van der Waals surface area contributed by atoms with Gasteiger partial charge in [-0.1, -0.05) is 65.6 Å². The van der Waals surface area contributed by atoms with Crippen molar-refractivity contribution in [2.24, 2.45) is 4.99 Å². The molecule has 3 aromatic rings. The van der Waals surface area contributed by atoms with E-state index in [1.807, 2.05) is 48.5 Å². The molecule has 7 heteroatoms. The molecular weight excluding hydrogens is 518 g/mol. The molecule has 1 aliphatic rings. The Morgan fingerprint density at radius 3 is 2.56 bits per heavy atom. The van der Waals surface area contributed by atoms with Crippen LogP contribution in [-0.4, -0.2) is 19.0 Å². The highest BCUT2D eigenvalue weighted by Gasteiger charge is 2.24. The number of methoxy groups -OCH3 is 1. The van der Waals surface area contributed by atoms with Gasteiger partial charge in [0.25, 0.3) is 0 Å². The van der Waals surface area contributed by atoms with Crippen molar-refractivity contribution < 1.29 is 19.0 Å². The molecule has 34 heavy (non-hydrogen) atoms. The van der Waals surface area contributed by atoms with Crippen LogP contribution in [0.3, 0.4) is 0 Å². The van der Waals surface area contributed by atoms with Gasteiger partial charge in [0.1, 0.15) is 6.61 Å². The number of hydrogen-bond donors (Lipinski definition) is 0. The molecule has 0 aliphatic carbocycles. The molecule has 3 aromatic carbocycles. The molecule has 1 aliphatic heterocycles. The van der Waals surface area contributed by atoms with Crippen molar-refractivity contribution in [3.8, 4) is 11.5 Å². The van der Waals surface area contributed by atoms with E-state index in [0.717, 1.165) is 15.6 Å². The third-order valence-corrected chi connectivity index (χ3v) is 6.05. The van der Waals surface area contributed by atoms with E-state index in [1.54, 1.807) is 18.2 Å². The van der Waals surface area contributed by atoms with Crippen LogP contribution in [0.5, 0.6) is 11.5 Å². The predicted molar refractivity (Wildman–Crippen MR) is 138 cm³/mol. The second kappa shape index (κ2) is 10.5.